The molecule has 2 rings (SSSR count). The fourth-order valence-corrected chi connectivity index (χ4v) is 1.46. The molecule has 2 aromatic rings. The van der Waals surface area contributed by atoms with Gasteiger partial charge in [0, 0.05) is 18.6 Å². The second kappa shape index (κ2) is 3.22. The third-order valence-electron chi connectivity index (χ3n) is 1.89. The first kappa shape index (κ1) is 8.31. The predicted molar refractivity (Wildman–Crippen MR) is 52.7 cm³/mol. The van der Waals surface area contributed by atoms with Crippen LogP contribution in [0.4, 0.5) is 5.82 Å². The molecule has 0 atom stereocenters. The largest absolute Gasteiger partial charge is 0.382 e. The molecule has 0 amide bonds. The molecule has 2 aromatic heterocycles. The number of nitrogens with zero attached hydrogens (tertiary/aromatic N) is 3. The van der Waals surface area contributed by atoms with Gasteiger partial charge in [0.2, 0.25) is 0 Å². The Hall–Kier alpha value is -1.29. The van der Waals surface area contributed by atoms with Crippen molar-refractivity contribution < 1.29 is 0 Å². The molecule has 0 radical (unpaired) electrons. The van der Waals surface area contributed by atoms with Crippen molar-refractivity contribution in [3.63, 3.8) is 0 Å². The summed E-state index contributed by atoms with van der Waals surface area (Å²) in [5.41, 5.74) is 7.37. The molecule has 0 aliphatic heterocycles. The molecule has 0 saturated heterocycles. The maximum absolute atomic E-state index is 5.65. The number of nitrogen functional groups attached to an aromatic ring is 1. The van der Waals surface area contributed by atoms with Crippen molar-refractivity contribution in [1.82, 2.24) is 14.5 Å². The molecule has 0 saturated carbocycles. The van der Waals surface area contributed by atoms with Crippen molar-refractivity contribution in [3.8, 4) is 0 Å². The van der Waals surface area contributed by atoms with Gasteiger partial charge in [0.25, 0.3) is 0 Å². The van der Waals surface area contributed by atoms with Gasteiger partial charge in [-0.3, -0.25) is 0 Å². The molecule has 2 heterocycles. The van der Waals surface area contributed by atoms with Crippen molar-refractivity contribution in [1.29, 1.82) is 0 Å². The lowest BCUT2D eigenvalue weighted by Gasteiger charge is -1.99. The van der Waals surface area contributed by atoms with Gasteiger partial charge in [-0.1, -0.05) is 0 Å². The normalized spacial score (nSPS) is 10.8. The molecule has 0 unspecified atom stereocenters. The van der Waals surface area contributed by atoms with Crippen LogP contribution in [0, 0.1) is 0 Å². The topological polar surface area (TPSA) is 56.7 Å². The second-order valence-corrected chi connectivity index (χ2v) is 3.07. The molecule has 0 spiro atoms. The van der Waals surface area contributed by atoms with Crippen LogP contribution < -0.4 is 5.73 Å². The first-order chi connectivity index (χ1) is 6.33. The lowest BCUT2D eigenvalue weighted by molar-refractivity contribution is 0.793. The van der Waals surface area contributed by atoms with Crippen LogP contribution in [0.3, 0.4) is 0 Å². The number of nitrogens with two attached hydrogens (primary N) is 1. The maximum atomic E-state index is 5.65. The smallest absolute Gasteiger partial charge is 0.151 e. The first-order valence-corrected chi connectivity index (χ1v) is 4.47. The molecule has 13 heavy (non-hydrogen) atoms. The number of imidazole rings is 1. The van der Waals surface area contributed by atoms with E-state index in [0.717, 1.165) is 17.6 Å². The number of rotatable bonds is 2. The van der Waals surface area contributed by atoms with Crippen LogP contribution in [0.2, 0.25) is 0 Å². The molecule has 5 heteroatoms. The van der Waals surface area contributed by atoms with E-state index in [-0.39, 0.29) is 0 Å². The van der Waals surface area contributed by atoms with Crippen molar-refractivity contribution in [2.24, 2.45) is 0 Å². The Bertz CT molecular complexity index is 423. The zero-order chi connectivity index (χ0) is 9.26. The predicted octanol–water partition coefficient (Wildman–Crippen LogP) is 1.25. The van der Waals surface area contributed by atoms with Crippen LogP contribution in [0.15, 0.2) is 18.6 Å². The molecular weight excluding hydrogens is 188 g/mol. The van der Waals surface area contributed by atoms with Crippen molar-refractivity contribution >= 4 is 28.5 Å². The maximum Gasteiger partial charge on any atom is 0.151 e. The van der Waals surface area contributed by atoms with E-state index in [1.165, 1.54) is 0 Å². The van der Waals surface area contributed by atoms with Gasteiger partial charge in [0.15, 0.2) is 5.82 Å². The number of hydrogen-bond donors (Lipinski definition) is 1. The molecular formula is C8H9ClN4. The molecule has 0 aromatic carbocycles. The lowest BCUT2D eigenvalue weighted by Crippen LogP contribution is -1.97. The molecule has 0 bridgehead atoms. The number of aromatic nitrogens is 3. The van der Waals surface area contributed by atoms with Gasteiger partial charge in [0.1, 0.15) is 5.52 Å². The summed E-state index contributed by atoms with van der Waals surface area (Å²) in [4.78, 5) is 8.10. The molecule has 2 N–H and O–H groups in total. The highest BCUT2D eigenvalue weighted by Gasteiger charge is 2.04. The fraction of sp³-hybridized carbons (Fsp3) is 0.250. The minimum absolute atomic E-state index is 0.464. The van der Waals surface area contributed by atoms with Crippen molar-refractivity contribution in [2.45, 2.75) is 6.54 Å². The van der Waals surface area contributed by atoms with E-state index in [1.807, 2.05) is 10.6 Å². The Kier molecular flexibility index (Phi) is 2.06. The molecule has 68 valence electrons. The first-order valence-electron chi connectivity index (χ1n) is 3.94. The lowest BCUT2D eigenvalue weighted by atomic mass is 10.4. The van der Waals surface area contributed by atoms with Gasteiger partial charge in [0.05, 0.1) is 11.8 Å². The van der Waals surface area contributed by atoms with E-state index in [9.17, 15) is 0 Å². The van der Waals surface area contributed by atoms with Crippen LogP contribution in [0.25, 0.3) is 11.0 Å². The number of halogens is 1. The Morgan fingerprint density at radius 2 is 2.31 bits per heavy atom. The molecule has 0 aliphatic carbocycles. The average Bonchev–Trinajstić information content (AvgIpc) is 2.51. The van der Waals surface area contributed by atoms with Gasteiger partial charge in [-0.25, -0.2) is 9.97 Å². The highest BCUT2D eigenvalue weighted by atomic mass is 35.5. The van der Waals surface area contributed by atoms with Crippen LogP contribution in [-0.4, -0.2) is 20.4 Å². The fourth-order valence-electron chi connectivity index (χ4n) is 1.28. The zero-order valence-electron chi connectivity index (χ0n) is 6.94. The molecule has 4 nitrogen and oxygen atoms in total. The Morgan fingerprint density at radius 3 is 3.08 bits per heavy atom. The number of anilines is 1. The van der Waals surface area contributed by atoms with E-state index in [0.29, 0.717) is 11.7 Å². The van der Waals surface area contributed by atoms with Gasteiger partial charge in [-0.2, -0.15) is 0 Å². The second-order valence-electron chi connectivity index (χ2n) is 2.69. The summed E-state index contributed by atoms with van der Waals surface area (Å²) in [6, 6.07) is 1.88. The van der Waals surface area contributed by atoms with E-state index in [1.54, 1.807) is 12.5 Å². The summed E-state index contributed by atoms with van der Waals surface area (Å²) < 4.78 is 1.96. The van der Waals surface area contributed by atoms with E-state index < -0.39 is 0 Å². The van der Waals surface area contributed by atoms with Crippen LogP contribution in [-0.2, 0) is 6.54 Å². The van der Waals surface area contributed by atoms with Gasteiger partial charge in [-0.15, -0.1) is 11.6 Å². The minimum atomic E-state index is 0.464. The van der Waals surface area contributed by atoms with Crippen molar-refractivity contribution in [2.75, 3.05) is 11.6 Å². The van der Waals surface area contributed by atoms with E-state index in [4.69, 9.17) is 17.3 Å². The summed E-state index contributed by atoms with van der Waals surface area (Å²) in [5, 5.41) is 0. The van der Waals surface area contributed by atoms with Crippen molar-refractivity contribution in [3.05, 3.63) is 18.6 Å². The van der Waals surface area contributed by atoms with Crippen LogP contribution in [0.1, 0.15) is 0 Å². The van der Waals surface area contributed by atoms with Gasteiger partial charge < -0.3 is 10.3 Å². The Labute approximate surface area is 80.3 Å². The average molecular weight is 197 g/mol. The minimum Gasteiger partial charge on any atom is -0.382 e. The quantitative estimate of drug-likeness (QED) is 0.736. The van der Waals surface area contributed by atoms with E-state index >= 15 is 0 Å². The van der Waals surface area contributed by atoms with Gasteiger partial charge >= 0.3 is 0 Å². The Balaban J connectivity index is 2.61. The van der Waals surface area contributed by atoms with Crippen LogP contribution >= 0.6 is 11.6 Å². The summed E-state index contributed by atoms with van der Waals surface area (Å²) in [6.07, 6.45) is 3.40. The SMILES string of the molecule is Nc1nccc2c1ncn2CCCl. The summed E-state index contributed by atoms with van der Waals surface area (Å²) in [7, 11) is 0. The third kappa shape index (κ3) is 1.33. The zero-order valence-corrected chi connectivity index (χ0v) is 7.70. The summed E-state index contributed by atoms with van der Waals surface area (Å²) in [6.45, 7) is 0.738. The number of aryl methyl sites for hydroxylation is 1. The molecule has 0 aliphatic rings. The number of alkyl halides is 1. The molecule has 0 fully saturated rings. The van der Waals surface area contributed by atoms with Gasteiger partial charge in [-0.05, 0) is 6.07 Å². The third-order valence-corrected chi connectivity index (χ3v) is 2.06. The van der Waals surface area contributed by atoms with E-state index in [2.05, 4.69) is 9.97 Å². The number of pyridine rings is 1. The summed E-state index contributed by atoms with van der Waals surface area (Å²) >= 11 is 5.64. The van der Waals surface area contributed by atoms with Crippen LogP contribution in [0.5, 0.6) is 0 Å². The number of hydrogen-bond acceptors (Lipinski definition) is 3. The Morgan fingerprint density at radius 1 is 1.46 bits per heavy atom. The highest BCUT2D eigenvalue weighted by Crippen LogP contribution is 2.16. The highest BCUT2D eigenvalue weighted by molar-refractivity contribution is 6.17. The summed E-state index contributed by atoms with van der Waals surface area (Å²) in [5.74, 6) is 1.03. The standard InChI is InChI=1S/C8H9ClN4/c9-2-4-13-5-12-7-6(13)1-3-11-8(7)10/h1,3,5H,2,4H2,(H2,10,11). The monoisotopic (exact) mass is 196 g/mol. The number of fused-ring (bicyclic) bond motifs is 1.